The van der Waals surface area contributed by atoms with E-state index in [1.165, 1.54) is 0 Å². The Hall–Kier alpha value is -4.48. The summed E-state index contributed by atoms with van der Waals surface area (Å²) in [6.07, 6.45) is -1.13. The van der Waals surface area contributed by atoms with Gasteiger partial charge in [-0.1, -0.05) is 24.3 Å². The fourth-order valence-corrected chi connectivity index (χ4v) is 3.51. The zero-order valence-corrected chi connectivity index (χ0v) is 23.6. The summed E-state index contributed by atoms with van der Waals surface area (Å²) in [4.78, 5) is 57.9. The molecule has 0 saturated carbocycles. The van der Waals surface area contributed by atoms with Gasteiger partial charge in [0.15, 0.2) is 0 Å². The monoisotopic (exact) mass is 552 g/mol. The van der Waals surface area contributed by atoms with Gasteiger partial charge in [0.25, 0.3) is 11.8 Å². The number of pyridine rings is 2. The zero-order valence-electron chi connectivity index (χ0n) is 23.6. The Morgan fingerprint density at radius 2 is 0.900 bits per heavy atom. The lowest BCUT2D eigenvalue weighted by atomic mass is 10.1. The number of hydrogen-bond acceptors (Lipinski definition) is 8. The summed E-state index contributed by atoms with van der Waals surface area (Å²) in [5, 5.41) is 12.1. The Morgan fingerprint density at radius 1 is 0.575 bits per heavy atom. The number of rotatable bonds is 8. The van der Waals surface area contributed by atoms with Gasteiger partial charge in [-0.25, -0.2) is 19.6 Å². The van der Waals surface area contributed by atoms with Crippen molar-refractivity contribution >= 4 is 45.8 Å². The molecule has 0 radical (unpaired) electrons. The molecule has 0 aliphatic heterocycles. The highest BCUT2D eigenvalue weighted by Gasteiger charge is 2.17. The maximum Gasteiger partial charge on any atom is 0.407 e. The highest BCUT2D eigenvalue weighted by atomic mass is 16.6. The van der Waals surface area contributed by atoms with Crippen molar-refractivity contribution < 1.29 is 28.7 Å². The van der Waals surface area contributed by atoms with Crippen LogP contribution in [0.2, 0.25) is 0 Å². The van der Waals surface area contributed by atoms with Crippen LogP contribution < -0.4 is 21.3 Å². The molecule has 214 valence electrons. The maximum absolute atomic E-state index is 12.7. The number of carbonyl (C=O) groups excluding carboxylic acids is 4. The van der Waals surface area contributed by atoms with Crippen molar-refractivity contribution in [3.05, 3.63) is 47.8 Å². The van der Waals surface area contributed by atoms with Crippen molar-refractivity contribution in [3.8, 4) is 0 Å². The summed E-state index contributed by atoms with van der Waals surface area (Å²) in [5.41, 5.74) is 0.0537. The summed E-state index contributed by atoms with van der Waals surface area (Å²) in [6, 6.07) is 10.4. The fraction of sp³-hybridized carbons (Fsp3) is 0.429. The van der Waals surface area contributed by atoms with Crippen LogP contribution in [-0.2, 0) is 9.47 Å². The van der Waals surface area contributed by atoms with E-state index in [9.17, 15) is 19.2 Å². The topological polar surface area (TPSA) is 161 Å². The van der Waals surface area contributed by atoms with Crippen molar-refractivity contribution in [2.75, 3.05) is 26.2 Å². The highest BCUT2D eigenvalue weighted by molar-refractivity contribution is 6.06. The second kappa shape index (κ2) is 12.6. The smallest absolute Gasteiger partial charge is 0.407 e. The fourth-order valence-electron chi connectivity index (χ4n) is 3.51. The van der Waals surface area contributed by atoms with Crippen molar-refractivity contribution in [1.82, 2.24) is 31.2 Å². The number of fused-ring (bicyclic) bond motifs is 3. The SMILES string of the molecule is CC(C)(C)OC(=O)NCCNC(=O)c1ccc2ccc3ccc(C(=O)NCCNC(=O)OC(C)(C)C)nc3c2n1. The Kier molecular flexibility index (Phi) is 9.46. The summed E-state index contributed by atoms with van der Waals surface area (Å²) in [5.74, 6) is -0.840. The number of alkyl carbamates (subject to hydrolysis) is 2. The predicted molar refractivity (Wildman–Crippen MR) is 150 cm³/mol. The molecule has 0 aliphatic rings. The molecule has 3 rings (SSSR count). The molecule has 12 heteroatoms. The van der Waals surface area contributed by atoms with Gasteiger partial charge < -0.3 is 30.7 Å². The van der Waals surface area contributed by atoms with Gasteiger partial charge in [-0.3, -0.25) is 9.59 Å². The van der Waals surface area contributed by atoms with E-state index in [2.05, 4.69) is 31.2 Å². The van der Waals surface area contributed by atoms with Crippen molar-refractivity contribution in [3.63, 3.8) is 0 Å². The van der Waals surface area contributed by atoms with Crippen LogP contribution in [0.1, 0.15) is 62.5 Å². The zero-order chi connectivity index (χ0) is 29.5. The number of benzene rings is 1. The molecule has 0 aliphatic carbocycles. The number of nitrogens with zero attached hydrogens (tertiary/aromatic N) is 2. The first-order valence-corrected chi connectivity index (χ1v) is 12.9. The first-order valence-electron chi connectivity index (χ1n) is 12.9. The third kappa shape index (κ3) is 9.07. The molecule has 0 bridgehead atoms. The molecule has 2 aromatic heterocycles. The Balaban J connectivity index is 1.64. The molecule has 1 aromatic carbocycles. The van der Waals surface area contributed by atoms with Gasteiger partial charge in [-0.2, -0.15) is 0 Å². The van der Waals surface area contributed by atoms with E-state index in [4.69, 9.17) is 9.47 Å². The summed E-state index contributed by atoms with van der Waals surface area (Å²) in [7, 11) is 0. The lowest BCUT2D eigenvalue weighted by Crippen LogP contribution is -2.38. The normalized spacial score (nSPS) is 11.6. The molecule has 40 heavy (non-hydrogen) atoms. The Morgan fingerprint density at radius 3 is 1.25 bits per heavy atom. The van der Waals surface area contributed by atoms with E-state index in [1.54, 1.807) is 65.8 Å². The van der Waals surface area contributed by atoms with Gasteiger partial charge in [0, 0.05) is 37.0 Å². The number of aromatic nitrogens is 2. The summed E-state index contributed by atoms with van der Waals surface area (Å²) in [6.45, 7) is 11.3. The van der Waals surface area contributed by atoms with E-state index < -0.39 is 35.2 Å². The van der Waals surface area contributed by atoms with Crippen molar-refractivity contribution in [2.45, 2.75) is 52.7 Å². The second-order valence-corrected chi connectivity index (χ2v) is 11.0. The molecular weight excluding hydrogens is 516 g/mol. The Labute approximate surface area is 232 Å². The van der Waals surface area contributed by atoms with Crippen molar-refractivity contribution in [2.24, 2.45) is 0 Å². The largest absolute Gasteiger partial charge is 0.444 e. The van der Waals surface area contributed by atoms with Crippen LogP contribution in [0.4, 0.5) is 9.59 Å². The maximum atomic E-state index is 12.7. The van der Waals surface area contributed by atoms with Crippen molar-refractivity contribution in [1.29, 1.82) is 0 Å². The van der Waals surface area contributed by atoms with Gasteiger partial charge in [0.05, 0.1) is 11.0 Å². The third-order valence-electron chi connectivity index (χ3n) is 5.14. The molecule has 12 nitrogen and oxygen atoms in total. The van der Waals surface area contributed by atoms with Gasteiger partial charge in [-0.15, -0.1) is 0 Å². The summed E-state index contributed by atoms with van der Waals surface area (Å²) >= 11 is 0. The van der Waals surface area contributed by atoms with Crippen LogP contribution in [0.5, 0.6) is 0 Å². The summed E-state index contributed by atoms with van der Waals surface area (Å²) < 4.78 is 10.3. The minimum Gasteiger partial charge on any atom is -0.444 e. The molecule has 0 unspecified atom stereocenters. The molecule has 2 heterocycles. The van der Waals surface area contributed by atoms with Crippen LogP contribution in [0, 0.1) is 0 Å². The number of hydrogen-bond donors (Lipinski definition) is 4. The van der Waals surface area contributed by atoms with Gasteiger partial charge in [0.1, 0.15) is 22.6 Å². The van der Waals surface area contributed by atoms with Crippen LogP contribution in [0.25, 0.3) is 21.8 Å². The van der Waals surface area contributed by atoms with Crippen LogP contribution in [0.3, 0.4) is 0 Å². The number of amides is 4. The third-order valence-corrected chi connectivity index (χ3v) is 5.14. The van der Waals surface area contributed by atoms with Gasteiger partial charge in [-0.05, 0) is 53.7 Å². The molecular formula is C28H36N6O6. The number of nitrogens with one attached hydrogen (secondary N) is 4. The van der Waals surface area contributed by atoms with E-state index in [0.29, 0.717) is 11.0 Å². The molecule has 4 amide bonds. The minimum atomic E-state index is -0.612. The van der Waals surface area contributed by atoms with Crippen LogP contribution >= 0.6 is 0 Å². The molecule has 0 atom stereocenters. The van der Waals surface area contributed by atoms with E-state index in [-0.39, 0.29) is 37.6 Å². The van der Waals surface area contributed by atoms with E-state index in [1.807, 2.05) is 12.1 Å². The molecule has 0 spiro atoms. The van der Waals surface area contributed by atoms with E-state index in [0.717, 1.165) is 10.8 Å². The van der Waals surface area contributed by atoms with Gasteiger partial charge in [0.2, 0.25) is 0 Å². The van der Waals surface area contributed by atoms with Crippen LogP contribution in [-0.4, -0.2) is 71.3 Å². The first-order chi connectivity index (χ1) is 18.7. The quantitative estimate of drug-likeness (QED) is 0.245. The standard InChI is InChI=1S/C28H36N6O6/c1-27(2,3)39-25(37)31-15-13-29-23(35)19-11-9-17-7-8-18-10-12-20(34-22(18)21(17)33-19)24(36)30-14-16-32-26(38)40-28(4,5)6/h7-12H,13-16H2,1-6H3,(H,29,35)(H,30,36)(H,31,37)(H,32,38). The Bertz CT molecular complexity index is 1300. The lowest BCUT2D eigenvalue weighted by molar-refractivity contribution is 0.0516. The van der Waals surface area contributed by atoms with Gasteiger partial charge >= 0.3 is 12.2 Å². The minimum absolute atomic E-state index is 0.169. The molecule has 3 aromatic rings. The predicted octanol–water partition coefficient (Wildman–Crippen LogP) is 3.29. The first kappa shape index (κ1) is 30.1. The number of ether oxygens (including phenoxy) is 2. The second-order valence-electron chi connectivity index (χ2n) is 11.0. The number of carbonyl (C=O) groups is 4. The van der Waals surface area contributed by atoms with Crippen LogP contribution in [0.15, 0.2) is 36.4 Å². The molecule has 0 saturated heterocycles. The average Bonchev–Trinajstić information content (AvgIpc) is 2.86. The molecule has 4 N–H and O–H groups in total. The lowest BCUT2D eigenvalue weighted by Gasteiger charge is -2.19. The van der Waals surface area contributed by atoms with E-state index >= 15 is 0 Å². The highest BCUT2D eigenvalue weighted by Crippen LogP contribution is 2.23. The average molecular weight is 553 g/mol. The molecule has 0 fully saturated rings.